The Bertz CT molecular complexity index is 2710. The quantitative estimate of drug-likeness (QED) is 0.189. The van der Waals surface area contributed by atoms with Gasteiger partial charge in [0.25, 0.3) is 0 Å². The van der Waals surface area contributed by atoms with Crippen molar-refractivity contribution in [3.05, 3.63) is 152 Å². The summed E-state index contributed by atoms with van der Waals surface area (Å²) in [4.78, 5) is 20.0. The van der Waals surface area contributed by atoms with Crippen LogP contribution in [-0.2, 0) is 0 Å². The lowest BCUT2D eigenvalue weighted by Gasteiger charge is -2.16. The summed E-state index contributed by atoms with van der Waals surface area (Å²) in [5, 5.41) is 8.27. The molecule has 0 saturated heterocycles. The van der Waals surface area contributed by atoms with Gasteiger partial charge in [0.05, 0.1) is 16.6 Å². The highest BCUT2D eigenvalue weighted by Crippen LogP contribution is 2.44. The molecular formula is C42H25N5. The monoisotopic (exact) mass is 599 g/mol. The molecule has 47 heavy (non-hydrogen) atoms. The van der Waals surface area contributed by atoms with Crippen LogP contribution in [0.5, 0.6) is 0 Å². The van der Waals surface area contributed by atoms with Gasteiger partial charge in [-0.2, -0.15) is 0 Å². The van der Waals surface area contributed by atoms with Crippen molar-refractivity contribution >= 4 is 54.3 Å². The van der Waals surface area contributed by atoms with Crippen LogP contribution >= 0.6 is 0 Å². The van der Waals surface area contributed by atoms with Crippen LogP contribution in [-0.4, -0.2) is 24.5 Å². The van der Waals surface area contributed by atoms with Crippen molar-refractivity contribution in [2.45, 2.75) is 0 Å². The van der Waals surface area contributed by atoms with E-state index in [1.807, 2.05) is 72.9 Å². The Morgan fingerprint density at radius 1 is 0.426 bits per heavy atom. The first kappa shape index (κ1) is 25.8. The molecule has 0 radical (unpaired) electrons. The lowest BCUT2D eigenvalue weighted by Crippen LogP contribution is -2.00. The molecule has 0 unspecified atom stereocenters. The Morgan fingerprint density at radius 2 is 1.02 bits per heavy atom. The lowest BCUT2D eigenvalue weighted by molar-refractivity contribution is 1.08. The summed E-state index contributed by atoms with van der Waals surface area (Å²) in [6.07, 6.45) is 1.89. The van der Waals surface area contributed by atoms with Crippen LogP contribution in [0, 0.1) is 0 Å². The molecule has 0 aliphatic carbocycles. The van der Waals surface area contributed by atoms with E-state index in [4.69, 9.17) is 19.9 Å². The van der Waals surface area contributed by atoms with Crippen molar-refractivity contribution in [2.24, 2.45) is 0 Å². The first-order valence-electron chi connectivity index (χ1n) is 15.7. The zero-order valence-corrected chi connectivity index (χ0v) is 25.2. The van der Waals surface area contributed by atoms with E-state index in [0.29, 0.717) is 17.5 Å². The zero-order valence-electron chi connectivity index (χ0n) is 25.2. The highest BCUT2D eigenvalue weighted by Gasteiger charge is 2.21. The predicted molar refractivity (Wildman–Crippen MR) is 192 cm³/mol. The van der Waals surface area contributed by atoms with Crippen molar-refractivity contribution in [3.8, 4) is 39.9 Å². The van der Waals surface area contributed by atoms with Gasteiger partial charge in [0.1, 0.15) is 0 Å². The third-order valence-corrected chi connectivity index (χ3v) is 9.22. The van der Waals surface area contributed by atoms with Gasteiger partial charge in [0, 0.05) is 34.0 Å². The van der Waals surface area contributed by atoms with Crippen LogP contribution in [0.25, 0.3) is 94.1 Å². The van der Waals surface area contributed by atoms with Crippen molar-refractivity contribution in [1.82, 2.24) is 24.5 Å². The van der Waals surface area contributed by atoms with Gasteiger partial charge in [0.2, 0.25) is 0 Å². The molecule has 0 bridgehead atoms. The summed E-state index contributed by atoms with van der Waals surface area (Å²) >= 11 is 0. The van der Waals surface area contributed by atoms with E-state index in [0.717, 1.165) is 49.7 Å². The standard InChI is InChI=1S/C42H25N5/c1-4-11-27(12-5-1)40-44-41(28-13-6-2-7-14-28)46-42(45-40)32-22-18-26-19-23-33-37-29(20-21-31(32)36(26)37)25-35-38(33)39-34(17-10-24-43-39)47(35)30-15-8-3-9-16-30/h1-25H. The molecule has 5 nitrogen and oxygen atoms in total. The molecule has 0 spiro atoms. The highest BCUT2D eigenvalue weighted by molar-refractivity contribution is 6.33. The normalized spacial score (nSPS) is 11.8. The molecule has 0 amide bonds. The van der Waals surface area contributed by atoms with Crippen molar-refractivity contribution in [2.75, 3.05) is 0 Å². The Kier molecular flexibility index (Phi) is 5.51. The van der Waals surface area contributed by atoms with Crippen LogP contribution in [0.4, 0.5) is 0 Å². The maximum Gasteiger partial charge on any atom is 0.164 e. The SMILES string of the molecule is c1ccc(-c2nc(-c3ccccc3)nc(-c3ccc4ccc5c6c(ccc3c46)cc3c5c4ncccc4n3-c3ccccc3)n2)cc1. The molecule has 0 aliphatic heterocycles. The van der Waals surface area contributed by atoms with Crippen LogP contribution in [0.15, 0.2) is 152 Å². The average molecular weight is 600 g/mol. The molecule has 218 valence electrons. The van der Waals surface area contributed by atoms with E-state index >= 15 is 0 Å². The molecule has 0 N–H and O–H groups in total. The second-order valence-electron chi connectivity index (χ2n) is 11.9. The second kappa shape index (κ2) is 10.0. The van der Waals surface area contributed by atoms with Crippen molar-refractivity contribution < 1.29 is 0 Å². The Balaban J connectivity index is 1.28. The summed E-state index contributed by atoms with van der Waals surface area (Å²) in [5.41, 5.74) is 7.25. The second-order valence-corrected chi connectivity index (χ2v) is 11.9. The van der Waals surface area contributed by atoms with Crippen molar-refractivity contribution in [1.29, 1.82) is 0 Å². The summed E-state index contributed by atoms with van der Waals surface area (Å²) < 4.78 is 2.33. The number of aromatic nitrogens is 5. The van der Waals surface area contributed by atoms with Gasteiger partial charge in [-0.25, -0.2) is 15.0 Å². The van der Waals surface area contributed by atoms with E-state index in [-0.39, 0.29) is 0 Å². The summed E-state index contributed by atoms with van der Waals surface area (Å²) in [6, 6.07) is 50.6. The molecule has 0 aliphatic rings. The Hall–Kier alpha value is -6.46. The molecule has 10 rings (SSSR count). The van der Waals surface area contributed by atoms with E-state index in [1.54, 1.807) is 0 Å². The number of pyridine rings is 1. The fourth-order valence-corrected chi connectivity index (χ4v) is 7.16. The van der Waals surface area contributed by atoms with Crippen LogP contribution in [0.3, 0.4) is 0 Å². The third-order valence-electron chi connectivity index (χ3n) is 9.22. The topological polar surface area (TPSA) is 56.5 Å². The lowest BCUT2D eigenvalue weighted by atomic mass is 9.90. The first-order valence-corrected chi connectivity index (χ1v) is 15.7. The molecular weight excluding hydrogens is 574 g/mol. The number of hydrogen-bond donors (Lipinski definition) is 0. The third kappa shape index (κ3) is 3.90. The molecule has 0 atom stereocenters. The van der Waals surface area contributed by atoms with Crippen LogP contribution in [0.1, 0.15) is 0 Å². The van der Waals surface area contributed by atoms with Gasteiger partial charge in [-0.05, 0) is 68.7 Å². The number of rotatable bonds is 4. The van der Waals surface area contributed by atoms with E-state index in [9.17, 15) is 0 Å². The molecule has 5 heteroatoms. The molecule has 3 heterocycles. The largest absolute Gasteiger partial charge is 0.308 e. The zero-order chi connectivity index (χ0) is 30.9. The predicted octanol–water partition coefficient (Wildman–Crippen LogP) is 10.3. The molecule has 3 aromatic heterocycles. The minimum atomic E-state index is 0.654. The summed E-state index contributed by atoms with van der Waals surface area (Å²) in [5.74, 6) is 1.96. The minimum Gasteiger partial charge on any atom is -0.308 e. The fourth-order valence-electron chi connectivity index (χ4n) is 7.16. The average Bonchev–Trinajstić information content (AvgIpc) is 3.48. The van der Waals surface area contributed by atoms with E-state index in [1.165, 1.54) is 26.9 Å². The number of hydrogen-bond acceptors (Lipinski definition) is 4. The summed E-state index contributed by atoms with van der Waals surface area (Å²) in [7, 11) is 0. The van der Waals surface area contributed by atoms with Crippen molar-refractivity contribution in [3.63, 3.8) is 0 Å². The van der Waals surface area contributed by atoms with Gasteiger partial charge >= 0.3 is 0 Å². The van der Waals surface area contributed by atoms with Gasteiger partial charge in [0.15, 0.2) is 17.5 Å². The first-order chi connectivity index (χ1) is 23.3. The number of nitrogens with zero attached hydrogens (tertiary/aromatic N) is 5. The van der Waals surface area contributed by atoms with Crippen LogP contribution in [0.2, 0.25) is 0 Å². The molecule has 7 aromatic carbocycles. The highest BCUT2D eigenvalue weighted by atomic mass is 15.0. The minimum absolute atomic E-state index is 0.654. The molecule has 0 fully saturated rings. The number of para-hydroxylation sites is 1. The smallest absolute Gasteiger partial charge is 0.164 e. The van der Waals surface area contributed by atoms with Gasteiger partial charge < -0.3 is 4.57 Å². The maximum absolute atomic E-state index is 5.07. The van der Waals surface area contributed by atoms with Gasteiger partial charge in [-0.1, -0.05) is 109 Å². The Labute approximate surface area is 269 Å². The number of fused-ring (bicyclic) bond motifs is 4. The number of benzene rings is 7. The summed E-state index contributed by atoms with van der Waals surface area (Å²) in [6.45, 7) is 0. The van der Waals surface area contributed by atoms with E-state index in [2.05, 4.69) is 83.4 Å². The Morgan fingerprint density at radius 3 is 1.74 bits per heavy atom. The van der Waals surface area contributed by atoms with E-state index < -0.39 is 0 Å². The van der Waals surface area contributed by atoms with Gasteiger partial charge in [-0.15, -0.1) is 0 Å². The van der Waals surface area contributed by atoms with Gasteiger partial charge in [-0.3, -0.25) is 4.98 Å². The maximum atomic E-state index is 5.07. The fraction of sp³-hybridized carbons (Fsp3) is 0. The molecule has 10 aromatic rings. The molecule has 0 saturated carbocycles. The van der Waals surface area contributed by atoms with Crippen LogP contribution < -0.4 is 0 Å².